The van der Waals surface area contributed by atoms with Gasteiger partial charge >= 0.3 is 5.97 Å². The molecule has 1 aromatic heterocycles. The molecule has 2 saturated heterocycles. The van der Waals surface area contributed by atoms with Crippen molar-refractivity contribution in [2.45, 2.75) is 24.9 Å². The van der Waals surface area contributed by atoms with Crippen LogP contribution in [0.4, 0.5) is 0 Å². The van der Waals surface area contributed by atoms with Crippen LogP contribution < -0.4 is 5.32 Å². The van der Waals surface area contributed by atoms with Crippen molar-refractivity contribution < 1.29 is 28.9 Å². The quantitative estimate of drug-likeness (QED) is 0.597. The van der Waals surface area contributed by atoms with E-state index in [-0.39, 0.29) is 11.8 Å². The van der Waals surface area contributed by atoms with Gasteiger partial charge in [-0.3, -0.25) is 14.5 Å². The van der Waals surface area contributed by atoms with Gasteiger partial charge in [-0.1, -0.05) is 6.92 Å². The van der Waals surface area contributed by atoms with E-state index >= 15 is 0 Å². The van der Waals surface area contributed by atoms with Gasteiger partial charge in [0.1, 0.15) is 11.8 Å². The van der Waals surface area contributed by atoms with Crippen LogP contribution in [0.15, 0.2) is 22.8 Å². The van der Waals surface area contributed by atoms with E-state index in [1.165, 1.54) is 20.4 Å². The first-order chi connectivity index (χ1) is 10.5. The number of amides is 2. The van der Waals surface area contributed by atoms with Gasteiger partial charge in [-0.15, -0.1) is 0 Å². The highest BCUT2D eigenvalue weighted by Crippen LogP contribution is 2.45. The molecule has 0 bridgehead atoms. The Morgan fingerprint density at radius 2 is 2.18 bits per heavy atom. The molecule has 7 heteroatoms. The molecule has 2 amide bonds. The maximum atomic E-state index is 12.6. The van der Waals surface area contributed by atoms with Gasteiger partial charge in [-0.25, -0.2) is 4.79 Å². The highest BCUT2D eigenvalue weighted by molar-refractivity contribution is 6.08. The lowest BCUT2D eigenvalue weighted by Gasteiger charge is -2.27. The second-order valence-corrected chi connectivity index (χ2v) is 5.83. The number of ether oxygens (including phenoxy) is 1. The number of hydrogen-bond donors (Lipinski definition) is 1. The molecule has 22 heavy (non-hydrogen) atoms. The Balaban J connectivity index is 2.13. The zero-order valence-corrected chi connectivity index (χ0v) is 12.7. The standard InChI is InChI=1S/C15H18N2O5/c1-4-15(14(20)21-3)10-9(12(18)17(2)13(10)19)11(16-15)8-6-5-7-22-8/h5-7,9-11,16H,4H2,1-3H3/p+1/t9-,10-,11-,15-/m0/s1. The van der Waals surface area contributed by atoms with E-state index in [0.717, 1.165) is 4.90 Å². The highest BCUT2D eigenvalue weighted by atomic mass is 16.5. The van der Waals surface area contributed by atoms with Gasteiger partial charge in [-0.2, -0.15) is 0 Å². The first-order valence-electron chi connectivity index (χ1n) is 7.27. The summed E-state index contributed by atoms with van der Waals surface area (Å²) in [4.78, 5) is 38.6. The number of furan rings is 1. The van der Waals surface area contributed by atoms with E-state index in [1.807, 2.05) is 6.92 Å². The number of nitrogens with zero attached hydrogens (tertiary/aromatic N) is 1. The Kier molecular flexibility index (Phi) is 3.32. The average molecular weight is 307 g/mol. The molecule has 0 radical (unpaired) electrons. The molecule has 3 rings (SSSR count). The van der Waals surface area contributed by atoms with Crippen LogP contribution in [-0.2, 0) is 19.1 Å². The normalized spacial score (nSPS) is 34.1. The van der Waals surface area contributed by atoms with Crippen LogP contribution in [0, 0.1) is 11.8 Å². The zero-order valence-electron chi connectivity index (χ0n) is 12.7. The molecule has 2 fully saturated rings. The molecule has 7 nitrogen and oxygen atoms in total. The smallest absolute Gasteiger partial charge is 0.368 e. The molecule has 0 unspecified atom stereocenters. The summed E-state index contributed by atoms with van der Waals surface area (Å²) in [6.07, 6.45) is 1.91. The van der Waals surface area contributed by atoms with Gasteiger partial charge in [-0.05, 0) is 12.1 Å². The van der Waals surface area contributed by atoms with Gasteiger partial charge in [0, 0.05) is 13.5 Å². The minimum atomic E-state index is -1.09. The summed E-state index contributed by atoms with van der Waals surface area (Å²) in [7, 11) is 2.76. The van der Waals surface area contributed by atoms with Crippen LogP contribution in [0.5, 0.6) is 0 Å². The van der Waals surface area contributed by atoms with Crippen molar-refractivity contribution in [1.82, 2.24) is 4.90 Å². The fraction of sp³-hybridized carbons (Fsp3) is 0.533. The van der Waals surface area contributed by atoms with Gasteiger partial charge in [0.25, 0.3) is 0 Å². The van der Waals surface area contributed by atoms with E-state index in [4.69, 9.17) is 9.15 Å². The number of methoxy groups -OCH3 is 1. The molecule has 0 spiro atoms. The Labute approximate surface area is 127 Å². The Hall–Kier alpha value is -2.15. The first-order valence-corrected chi connectivity index (χ1v) is 7.27. The van der Waals surface area contributed by atoms with Crippen molar-refractivity contribution in [2.75, 3.05) is 14.2 Å². The van der Waals surface area contributed by atoms with Crippen LogP contribution in [0.3, 0.4) is 0 Å². The lowest BCUT2D eigenvalue weighted by molar-refractivity contribution is -0.736. The Morgan fingerprint density at radius 3 is 2.73 bits per heavy atom. The number of carbonyl (C=O) groups is 3. The minimum Gasteiger partial charge on any atom is -0.464 e. The van der Waals surface area contributed by atoms with Crippen molar-refractivity contribution in [3.05, 3.63) is 24.2 Å². The van der Waals surface area contributed by atoms with E-state index in [2.05, 4.69) is 0 Å². The molecule has 0 aliphatic carbocycles. The largest absolute Gasteiger partial charge is 0.464 e. The zero-order chi connectivity index (χ0) is 16.1. The third kappa shape index (κ3) is 1.68. The SMILES string of the molecule is CC[C@]1(C(=O)OC)[NH2+][C@@H](c2ccco2)[C@H]2C(=O)N(C)C(=O)[C@H]21. The number of likely N-dealkylation sites (tertiary alicyclic amines) is 1. The summed E-state index contributed by atoms with van der Waals surface area (Å²) in [6, 6.07) is 3.09. The van der Waals surface area contributed by atoms with Crippen molar-refractivity contribution in [1.29, 1.82) is 0 Å². The van der Waals surface area contributed by atoms with Gasteiger partial charge in [0.05, 0.1) is 13.4 Å². The molecule has 1 aromatic rings. The first kappa shape index (κ1) is 14.8. The van der Waals surface area contributed by atoms with Crippen LogP contribution in [0.1, 0.15) is 25.1 Å². The molecular weight excluding hydrogens is 288 g/mol. The number of carbonyl (C=O) groups excluding carboxylic acids is 3. The maximum absolute atomic E-state index is 12.6. The fourth-order valence-corrected chi connectivity index (χ4v) is 3.87. The third-order valence-corrected chi connectivity index (χ3v) is 5.01. The predicted octanol–water partition coefficient (Wildman–Crippen LogP) is -0.549. The lowest BCUT2D eigenvalue weighted by Crippen LogP contribution is -2.98. The summed E-state index contributed by atoms with van der Waals surface area (Å²) in [6.45, 7) is 1.82. The Morgan fingerprint density at radius 1 is 1.45 bits per heavy atom. The van der Waals surface area contributed by atoms with E-state index in [9.17, 15) is 14.4 Å². The second kappa shape index (κ2) is 4.95. The summed E-state index contributed by atoms with van der Waals surface area (Å²) in [5.41, 5.74) is -1.09. The predicted molar refractivity (Wildman–Crippen MR) is 73.2 cm³/mol. The summed E-state index contributed by atoms with van der Waals surface area (Å²) in [5, 5.41) is 1.77. The molecule has 2 aliphatic rings. The molecule has 4 atom stereocenters. The number of fused-ring (bicyclic) bond motifs is 1. The number of esters is 1. The van der Waals surface area contributed by atoms with Crippen LogP contribution in [0.25, 0.3) is 0 Å². The average Bonchev–Trinajstić information content (AvgIpc) is 3.21. The fourth-order valence-electron chi connectivity index (χ4n) is 3.87. The number of hydrogen-bond acceptors (Lipinski definition) is 5. The molecular formula is C15H19N2O5+. The highest BCUT2D eigenvalue weighted by Gasteiger charge is 2.71. The van der Waals surface area contributed by atoms with Crippen LogP contribution in [0.2, 0.25) is 0 Å². The van der Waals surface area contributed by atoms with Crippen molar-refractivity contribution >= 4 is 17.8 Å². The van der Waals surface area contributed by atoms with Crippen LogP contribution >= 0.6 is 0 Å². The van der Waals surface area contributed by atoms with Crippen molar-refractivity contribution in [3.63, 3.8) is 0 Å². The molecule has 2 aliphatic heterocycles. The lowest BCUT2D eigenvalue weighted by atomic mass is 9.78. The van der Waals surface area contributed by atoms with Crippen LogP contribution in [-0.4, -0.2) is 42.4 Å². The molecule has 118 valence electrons. The number of nitrogens with two attached hydrogens (primary N) is 1. The number of imide groups is 1. The third-order valence-electron chi connectivity index (χ3n) is 5.01. The maximum Gasteiger partial charge on any atom is 0.368 e. The monoisotopic (exact) mass is 307 g/mol. The molecule has 0 aromatic carbocycles. The molecule has 3 heterocycles. The number of quaternary nitrogens is 1. The van der Waals surface area contributed by atoms with Crippen molar-refractivity contribution in [3.8, 4) is 0 Å². The second-order valence-electron chi connectivity index (χ2n) is 5.83. The molecule has 0 saturated carbocycles. The van der Waals surface area contributed by atoms with Gasteiger partial charge < -0.3 is 14.5 Å². The van der Waals surface area contributed by atoms with E-state index < -0.39 is 29.4 Å². The topological polar surface area (TPSA) is 93.4 Å². The van der Waals surface area contributed by atoms with Crippen molar-refractivity contribution in [2.24, 2.45) is 11.8 Å². The minimum absolute atomic E-state index is 0.271. The van der Waals surface area contributed by atoms with E-state index in [1.54, 1.807) is 17.4 Å². The summed E-state index contributed by atoms with van der Waals surface area (Å²) < 4.78 is 10.4. The van der Waals surface area contributed by atoms with E-state index in [0.29, 0.717) is 12.2 Å². The molecule has 2 N–H and O–H groups in total. The summed E-state index contributed by atoms with van der Waals surface area (Å²) in [5.74, 6) is -1.82. The van der Waals surface area contributed by atoms with Gasteiger partial charge in [0.2, 0.25) is 17.4 Å². The Bertz CT molecular complexity index is 626. The van der Waals surface area contributed by atoms with Gasteiger partial charge in [0.15, 0.2) is 11.8 Å². The summed E-state index contributed by atoms with van der Waals surface area (Å²) >= 11 is 0. The number of rotatable bonds is 3.